The summed E-state index contributed by atoms with van der Waals surface area (Å²) >= 11 is 0. The molecule has 3 heteroatoms. The van der Waals surface area contributed by atoms with Crippen molar-refractivity contribution in [3.8, 4) is 0 Å². The fourth-order valence-electron chi connectivity index (χ4n) is 2.30. The fraction of sp³-hybridized carbons (Fsp3) is 0.727. The van der Waals surface area contributed by atoms with Crippen molar-refractivity contribution >= 4 is 5.97 Å². The first-order valence-corrected chi connectivity index (χ1v) is 5.03. The summed E-state index contributed by atoms with van der Waals surface area (Å²) in [4.78, 5) is 13.2. The van der Waals surface area contributed by atoms with Crippen LogP contribution < -0.4 is 0 Å². The van der Waals surface area contributed by atoms with Gasteiger partial charge in [-0.1, -0.05) is 0 Å². The second-order valence-corrected chi connectivity index (χ2v) is 4.13. The Kier molecular flexibility index (Phi) is 3.32. The van der Waals surface area contributed by atoms with Crippen molar-refractivity contribution in [1.29, 1.82) is 0 Å². The molecule has 2 saturated heterocycles. The predicted octanol–water partition coefficient (Wildman–Crippen LogP) is 1.59. The molecule has 0 N–H and O–H groups in total. The standard InChI is InChI=1S/C9H15NO2.C2H4/c1-7-5-9(6-10(7)2)4-3-8(11)12-9;1-2/h7H,3-6H2,1-2H3;1-2H2. The van der Waals surface area contributed by atoms with Crippen molar-refractivity contribution in [2.24, 2.45) is 0 Å². The van der Waals surface area contributed by atoms with Crippen molar-refractivity contribution in [2.45, 2.75) is 37.8 Å². The van der Waals surface area contributed by atoms with Crippen molar-refractivity contribution < 1.29 is 9.53 Å². The zero-order valence-electron chi connectivity index (χ0n) is 9.08. The van der Waals surface area contributed by atoms with Crippen LogP contribution in [0.25, 0.3) is 0 Å². The van der Waals surface area contributed by atoms with E-state index in [1.165, 1.54) is 0 Å². The van der Waals surface area contributed by atoms with E-state index in [1.54, 1.807) is 0 Å². The largest absolute Gasteiger partial charge is 0.458 e. The smallest absolute Gasteiger partial charge is 0.306 e. The van der Waals surface area contributed by atoms with Gasteiger partial charge in [0.05, 0.1) is 0 Å². The van der Waals surface area contributed by atoms with E-state index >= 15 is 0 Å². The van der Waals surface area contributed by atoms with Gasteiger partial charge in [0, 0.05) is 25.4 Å². The number of esters is 1. The quantitative estimate of drug-likeness (QED) is 0.436. The highest BCUT2D eigenvalue weighted by molar-refractivity contribution is 5.72. The fourth-order valence-corrected chi connectivity index (χ4v) is 2.30. The average Bonchev–Trinajstić information content (AvgIpc) is 2.62. The third-order valence-electron chi connectivity index (χ3n) is 3.07. The summed E-state index contributed by atoms with van der Waals surface area (Å²) in [6.45, 7) is 9.10. The van der Waals surface area contributed by atoms with Crippen LogP contribution in [0.1, 0.15) is 26.2 Å². The molecule has 0 aromatic carbocycles. The normalized spacial score (nSPS) is 36.7. The molecule has 0 saturated carbocycles. The van der Waals surface area contributed by atoms with Crippen LogP contribution in [0.4, 0.5) is 0 Å². The SMILES string of the molecule is C=C.CC1CC2(CCC(=O)O2)CN1C. The van der Waals surface area contributed by atoms with Gasteiger partial charge in [0.25, 0.3) is 0 Å². The van der Waals surface area contributed by atoms with E-state index in [2.05, 4.69) is 32.0 Å². The van der Waals surface area contributed by atoms with Crippen molar-refractivity contribution in [2.75, 3.05) is 13.6 Å². The minimum Gasteiger partial charge on any atom is -0.458 e. The molecule has 2 aliphatic rings. The van der Waals surface area contributed by atoms with Crippen LogP contribution in [-0.2, 0) is 9.53 Å². The summed E-state index contributed by atoms with van der Waals surface area (Å²) in [7, 11) is 2.09. The molecule has 0 aromatic heterocycles. The van der Waals surface area contributed by atoms with E-state index in [-0.39, 0.29) is 11.6 Å². The molecule has 1 spiro atoms. The molecule has 0 aromatic rings. The maximum absolute atomic E-state index is 11.0. The summed E-state index contributed by atoms with van der Waals surface area (Å²) in [5.74, 6) is -0.0162. The maximum Gasteiger partial charge on any atom is 0.306 e. The van der Waals surface area contributed by atoms with Gasteiger partial charge in [0.1, 0.15) is 5.60 Å². The first kappa shape index (κ1) is 11.2. The number of hydrogen-bond donors (Lipinski definition) is 0. The molecule has 80 valence electrons. The van der Waals surface area contributed by atoms with E-state index in [1.807, 2.05) is 0 Å². The molecule has 0 amide bonds. The number of likely N-dealkylation sites (N-methyl/N-ethyl adjacent to an activating group) is 1. The zero-order chi connectivity index (χ0) is 10.8. The van der Waals surface area contributed by atoms with Crippen LogP contribution in [0.15, 0.2) is 13.2 Å². The molecule has 2 rings (SSSR count). The van der Waals surface area contributed by atoms with Gasteiger partial charge in [-0.05, 0) is 20.4 Å². The van der Waals surface area contributed by atoms with Gasteiger partial charge in [-0.3, -0.25) is 9.69 Å². The molecule has 2 unspecified atom stereocenters. The summed E-state index contributed by atoms with van der Waals surface area (Å²) in [5.41, 5.74) is -0.120. The molecular weight excluding hydrogens is 178 g/mol. The van der Waals surface area contributed by atoms with Gasteiger partial charge in [-0.25, -0.2) is 0 Å². The molecule has 0 radical (unpaired) electrons. The lowest BCUT2D eigenvalue weighted by Gasteiger charge is -2.20. The van der Waals surface area contributed by atoms with E-state index in [4.69, 9.17) is 4.74 Å². The monoisotopic (exact) mass is 197 g/mol. The Morgan fingerprint density at radius 3 is 2.57 bits per heavy atom. The van der Waals surface area contributed by atoms with Crippen molar-refractivity contribution in [3.63, 3.8) is 0 Å². The molecule has 0 aliphatic carbocycles. The summed E-state index contributed by atoms with van der Waals surface area (Å²) in [6, 6.07) is 0.552. The third-order valence-corrected chi connectivity index (χ3v) is 3.07. The molecule has 2 aliphatic heterocycles. The number of rotatable bonds is 0. The highest BCUT2D eigenvalue weighted by Crippen LogP contribution is 2.37. The Morgan fingerprint density at radius 1 is 1.57 bits per heavy atom. The third kappa shape index (κ3) is 1.98. The second kappa shape index (κ2) is 4.13. The molecule has 2 atom stereocenters. The van der Waals surface area contributed by atoms with Gasteiger partial charge >= 0.3 is 5.97 Å². The molecule has 0 bridgehead atoms. The summed E-state index contributed by atoms with van der Waals surface area (Å²) in [6.07, 6.45) is 2.54. The number of ether oxygens (including phenoxy) is 1. The minimum atomic E-state index is -0.120. The number of hydrogen-bond acceptors (Lipinski definition) is 3. The Morgan fingerprint density at radius 2 is 2.21 bits per heavy atom. The number of likely N-dealkylation sites (tertiary alicyclic amines) is 1. The Balaban J connectivity index is 0.000000461. The van der Waals surface area contributed by atoms with Crippen LogP contribution in [0.5, 0.6) is 0 Å². The van der Waals surface area contributed by atoms with Gasteiger partial charge in [-0.15, -0.1) is 13.2 Å². The number of nitrogens with zero attached hydrogens (tertiary/aromatic N) is 1. The van der Waals surface area contributed by atoms with E-state index in [0.717, 1.165) is 19.4 Å². The lowest BCUT2D eigenvalue weighted by Crippen LogP contribution is -2.31. The summed E-state index contributed by atoms with van der Waals surface area (Å²) < 4.78 is 5.37. The molecule has 2 fully saturated rings. The Bertz CT molecular complexity index is 217. The topological polar surface area (TPSA) is 29.5 Å². The van der Waals surface area contributed by atoms with Gasteiger partial charge in [-0.2, -0.15) is 0 Å². The van der Waals surface area contributed by atoms with Crippen molar-refractivity contribution in [1.82, 2.24) is 4.90 Å². The van der Waals surface area contributed by atoms with E-state index < -0.39 is 0 Å². The van der Waals surface area contributed by atoms with Crippen LogP contribution in [0, 0.1) is 0 Å². The van der Waals surface area contributed by atoms with Crippen LogP contribution in [0.2, 0.25) is 0 Å². The first-order valence-electron chi connectivity index (χ1n) is 5.03. The van der Waals surface area contributed by atoms with Crippen LogP contribution in [0.3, 0.4) is 0 Å². The second-order valence-electron chi connectivity index (χ2n) is 4.13. The van der Waals surface area contributed by atoms with Gasteiger partial charge in [0.2, 0.25) is 0 Å². The zero-order valence-corrected chi connectivity index (χ0v) is 9.08. The minimum absolute atomic E-state index is 0.0162. The Labute approximate surface area is 85.7 Å². The molecule has 2 heterocycles. The van der Waals surface area contributed by atoms with E-state index in [9.17, 15) is 4.79 Å². The predicted molar refractivity (Wildman–Crippen MR) is 56.0 cm³/mol. The van der Waals surface area contributed by atoms with Gasteiger partial charge < -0.3 is 4.74 Å². The van der Waals surface area contributed by atoms with Crippen molar-refractivity contribution in [3.05, 3.63) is 13.2 Å². The lowest BCUT2D eigenvalue weighted by atomic mass is 9.97. The van der Waals surface area contributed by atoms with Crippen LogP contribution >= 0.6 is 0 Å². The lowest BCUT2D eigenvalue weighted by molar-refractivity contribution is -0.147. The highest BCUT2D eigenvalue weighted by Gasteiger charge is 2.47. The molecular formula is C11H19NO2. The highest BCUT2D eigenvalue weighted by atomic mass is 16.6. The summed E-state index contributed by atoms with van der Waals surface area (Å²) in [5, 5.41) is 0. The molecule has 3 nitrogen and oxygen atoms in total. The maximum atomic E-state index is 11.0. The first-order chi connectivity index (χ1) is 6.61. The van der Waals surface area contributed by atoms with E-state index in [0.29, 0.717) is 12.5 Å². The number of carbonyl (C=O) groups excluding carboxylic acids is 1. The molecule has 14 heavy (non-hydrogen) atoms. The Hall–Kier alpha value is -0.830. The van der Waals surface area contributed by atoms with Crippen LogP contribution in [-0.4, -0.2) is 36.1 Å². The average molecular weight is 197 g/mol. The number of carbonyl (C=O) groups is 1. The van der Waals surface area contributed by atoms with Gasteiger partial charge in [0.15, 0.2) is 0 Å².